The van der Waals surface area contributed by atoms with Crippen LogP contribution in [0.2, 0.25) is 0 Å². The van der Waals surface area contributed by atoms with Crippen molar-refractivity contribution >= 4 is 11.7 Å². The molecule has 12 heteroatoms. The van der Waals surface area contributed by atoms with E-state index in [1.54, 1.807) is 23.2 Å². The summed E-state index contributed by atoms with van der Waals surface area (Å²) in [6, 6.07) is 12.0. The average Bonchev–Trinajstić information content (AvgIpc) is 3.73. The molecule has 1 unspecified atom stereocenters. The third-order valence-corrected chi connectivity index (χ3v) is 8.34. The molecule has 2 aromatic heterocycles. The largest absolute Gasteiger partial charge is 0.477 e. The second-order valence-electron chi connectivity index (χ2n) is 11.0. The topological polar surface area (TPSA) is 123 Å². The van der Waals surface area contributed by atoms with Gasteiger partial charge in [-0.3, -0.25) is 4.90 Å². The molecular weight excluding hydrogens is 551 g/mol. The van der Waals surface area contributed by atoms with Crippen molar-refractivity contribution in [3.63, 3.8) is 0 Å². The first-order chi connectivity index (χ1) is 20.9. The van der Waals surface area contributed by atoms with E-state index in [-0.39, 0.29) is 30.0 Å². The molecule has 11 nitrogen and oxygen atoms in total. The molecule has 6 rings (SSSR count). The van der Waals surface area contributed by atoms with E-state index in [9.17, 15) is 14.3 Å². The number of aromatic nitrogens is 3. The Morgan fingerprint density at radius 1 is 1.21 bits per heavy atom. The number of carboxylic acids is 1. The zero-order chi connectivity index (χ0) is 29.9. The molecule has 0 saturated carbocycles. The van der Waals surface area contributed by atoms with Crippen LogP contribution in [0.3, 0.4) is 0 Å². The van der Waals surface area contributed by atoms with Crippen LogP contribution in [0.25, 0.3) is 0 Å². The number of hydrazone groups is 1. The van der Waals surface area contributed by atoms with Gasteiger partial charge in [-0.2, -0.15) is 10.4 Å². The normalized spacial score (nSPS) is 18.8. The number of hydrogen-bond donors (Lipinski definition) is 1. The van der Waals surface area contributed by atoms with Crippen molar-refractivity contribution in [1.29, 1.82) is 5.26 Å². The number of ether oxygens (including phenoxy) is 1. The molecule has 0 amide bonds. The van der Waals surface area contributed by atoms with Crippen LogP contribution in [-0.2, 0) is 24.5 Å². The van der Waals surface area contributed by atoms with Crippen molar-refractivity contribution in [3.8, 4) is 11.9 Å². The third kappa shape index (κ3) is 6.08. The van der Waals surface area contributed by atoms with Crippen molar-refractivity contribution in [1.82, 2.24) is 29.3 Å². The molecule has 3 aliphatic heterocycles. The number of aryl methyl sites for hydroxylation is 1. The summed E-state index contributed by atoms with van der Waals surface area (Å²) in [5, 5.41) is 24.6. The number of rotatable bonds is 10. The van der Waals surface area contributed by atoms with Crippen LogP contribution in [0.1, 0.15) is 54.6 Å². The lowest BCUT2D eigenvalue weighted by Gasteiger charge is -2.35. The maximum Gasteiger partial charge on any atom is 0.352 e. The Balaban J connectivity index is 1.08. The minimum atomic E-state index is -0.977. The van der Waals surface area contributed by atoms with Crippen LogP contribution in [0.15, 0.2) is 65.9 Å². The third-order valence-electron chi connectivity index (χ3n) is 8.34. The number of benzene rings is 1. The van der Waals surface area contributed by atoms with E-state index in [4.69, 9.17) is 15.0 Å². The Labute approximate surface area is 249 Å². The van der Waals surface area contributed by atoms with Crippen LogP contribution in [0.4, 0.5) is 4.39 Å². The molecule has 5 heterocycles. The van der Waals surface area contributed by atoms with Crippen molar-refractivity contribution < 1.29 is 19.0 Å². The van der Waals surface area contributed by atoms with E-state index in [0.717, 1.165) is 56.1 Å². The Morgan fingerprint density at radius 3 is 2.79 bits per heavy atom. The lowest BCUT2D eigenvalue weighted by molar-refractivity contribution is -0.129. The van der Waals surface area contributed by atoms with Gasteiger partial charge in [0, 0.05) is 60.8 Å². The van der Waals surface area contributed by atoms with E-state index in [2.05, 4.69) is 31.4 Å². The SMILES string of the molecule is CCn1cncc1CN1C(CN2CCC(c3cccc(OCc4ccc(C#N)cc4F)n3)CC2)=CN2N=C(C(=O)O)CC21. The van der Waals surface area contributed by atoms with E-state index in [0.29, 0.717) is 24.4 Å². The van der Waals surface area contributed by atoms with Gasteiger partial charge in [0.05, 0.1) is 30.2 Å². The second-order valence-corrected chi connectivity index (χ2v) is 11.0. The fourth-order valence-corrected chi connectivity index (χ4v) is 5.95. The molecule has 222 valence electrons. The maximum absolute atomic E-state index is 14.3. The summed E-state index contributed by atoms with van der Waals surface area (Å²) >= 11 is 0. The van der Waals surface area contributed by atoms with E-state index in [1.165, 1.54) is 6.07 Å². The number of imidazole rings is 1. The zero-order valence-corrected chi connectivity index (χ0v) is 23.9. The van der Waals surface area contributed by atoms with E-state index < -0.39 is 11.8 Å². The first-order valence-corrected chi connectivity index (χ1v) is 14.5. The Hall–Kier alpha value is -4.76. The van der Waals surface area contributed by atoms with Gasteiger partial charge in [0.2, 0.25) is 5.88 Å². The number of fused-ring (bicyclic) bond motifs is 1. The number of carboxylic acid groups (broad SMARTS) is 1. The van der Waals surface area contributed by atoms with Gasteiger partial charge in [-0.15, -0.1) is 0 Å². The number of hydrogen-bond acceptors (Lipinski definition) is 9. The summed E-state index contributed by atoms with van der Waals surface area (Å²) in [7, 11) is 0. The Bertz CT molecular complexity index is 1600. The number of pyridine rings is 1. The van der Waals surface area contributed by atoms with E-state index in [1.807, 2.05) is 36.9 Å². The predicted octanol–water partition coefficient (Wildman–Crippen LogP) is 3.90. The summed E-state index contributed by atoms with van der Waals surface area (Å²) < 4.78 is 22.2. The lowest BCUT2D eigenvalue weighted by Crippen LogP contribution is -2.40. The van der Waals surface area contributed by atoms with Crippen LogP contribution in [-0.4, -0.2) is 71.9 Å². The molecule has 1 aromatic carbocycles. The molecule has 1 saturated heterocycles. The number of likely N-dealkylation sites (tertiary alicyclic amines) is 1. The minimum Gasteiger partial charge on any atom is -0.477 e. The molecule has 43 heavy (non-hydrogen) atoms. The number of carbonyl (C=O) groups is 1. The van der Waals surface area contributed by atoms with Gasteiger partial charge in [-0.1, -0.05) is 12.1 Å². The number of halogens is 1. The lowest BCUT2D eigenvalue weighted by atomic mass is 9.93. The fraction of sp³-hybridized carbons (Fsp3) is 0.387. The van der Waals surface area contributed by atoms with Crippen molar-refractivity contribution in [2.45, 2.75) is 58.0 Å². The molecule has 1 N–H and O–H groups in total. The van der Waals surface area contributed by atoms with Gasteiger partial charge in [0.25, 0.3) is 0 Å². The first kappa shape index (κ1) is 28.4. The monoisotopic (exact) mass is 584 g/mol. The molecule has 0 bridgehead atoms. The highest BCUT2D eigenvalue weighted by Crippen LogP contribution is 2.34. The first-order valence-electron chi connectivity index (χ1n) is 14.5. The van der Waals surface area contributed by atoms with E-state index >= 15 is 0 Å². The number of piperidine rings is 1. The highest BCUT2D eigenvalue weighted by molar-refractivity contribution is 6.36. The number of aliphatic carboxylic acids is 1. The molecule has 3 aromatic rings. The highest BCUT2D eigenvalue weighted by atomic mass is 19.1. The summed E-state index contributed by atoms with van der Waals surface area (Å²) in [5.41, 5.74) is 3.98. The summed E-state index contributed by atoms with van der Waals surface area (Å²) in [5.74, 6) is -0.716. The standard InChI is InChI=1S/C31H33FN8O3/c1-2-38-20-34-15-24(38)17-39-25(18-40-30(39)13-28(36-40)31(41)42)16-37-10-8-22(9-11-37)27-4-3-5-29(35-27)43-19-23-7-6-21(14-33)12-26(23)32/h3-7,12,15,18,20,22,30H,2,8-11,13,16-17,19H2,1H3,(H,41,42). The van der Waals surface area contributed by atoms with Crippen molar-refractivity contribution in [2.75, 3.05) is 19.6 Å². The molecule has 1 fully saturated rings. The number of nitriles is 1. The molecule has 0 spiro atoms. The fourth-order valence-electron chi connectivity index (χ4n) is 5.95. The molecule has 3 aliphatic rings. The maximum atomic E-state index is 14.3. The van der Waals surface area contributed by atoms with Crippen LogP contribution in [0.5, 0.6) is 5.88 Å². The average molecular weight is 585 g/mol. The zero-order valence-electron chi connectivity index (χ0n) is 23.9. The predicted molar refractivity (Wildman–Crippen MR) is 155 cm³/mol. The van der Waals surface area contributed by atoms with Crippen molar-refractivity contribution in [3.05, 3.63) is 89.2 Å². The Kier molecular flexibility index (Phi) is 8.07. The summed E-state index contributed by atoms with van der Waals surface area (Å²) in [6.07, 6.45) is 7.76. The Morgan fingerprint density at radius 2 is 2.05 bits per heavy atom. The van der Waals surface area contributed by atoms with Crippen LogP contribution >= 0.6 is 0 Å². The highest BCUT2D eigenvalue weighted by Gasteiger charge is 2.40. The van der Waals surface area contributed by atoms with Gasteiger partial charge in [-0.05, 0) is 51.1 Å². The molecule has 0 radical (unpaired) electrons. The van der Waals surface area contributed by atoms with Crippen LogP contribution < -0.4 is 4.74 Å². The quantitative estimate of drug-likeness (QED) is 0.378. The van der Waals surface area contributed by atoms with Gasteiger partial charge in [0.15, 0.2) is 0 Å². The summed E-state index contributed by atoms with van der Waals surface area (Å²) in [6.45, 7) is 6.07. The number of nitrogens with zero attached hydrogens (tertiary/aromatic N) is 8. The molecule has 0 aliphatic carbocycles. The minimum absolute atomic E-state index is 0.0348. The van der Waals surface area contributed by atoms with Crippen molar-refractivity contribution in [2.24, 2.45) is 5.10 Å². The van der Waals surface area contributed by atoms with Gasteiger partial charge < -0.3 is 19.3 Å². The van der Waals surface area contributed by atoms with Gasteiger partial charge in [-0.25, -0.2) is 24.2 Å². The molecular formula is C31H33FN8O3. The smallest absolute Gasteiger partial charge is 0.352 e. The molecule has 1 atom stereocenters. The van der Waals surface area contributed by atoms with Gasteiger partial charge in [0.1, 0.15) is 24.3 Å². The second kappa shape index (κ2) is 12.2. The summed E-state index contributed by atoms with van der Waals surface area (Å²) in [4.78, 5) is 25.3. The van der Waals surface area contributed by atoms with Crippen LogP contribution in [0, 0.1) is 17.1 Å². The van der Waals surface area contributed by atoms with Gasteiger partial charge >= 0.3 is 5.97 Å².